The van der Waals surface area contributed by atoms with E-state index in [1.165, 1.54) is 31.4 Å². The number of alkyl halides is 3. The summed E-state index contributed by atoms with van der Waals surface area (Å²) < 4.78 is 44.9. The first kappa shape index (κ1) is 30.9. The molecule has 0 fully saturated rings. The normalized spacial score (nSPS) is 11.4. The SMILES string of the molecule is COc1ccc(/C=C(/NC(=O)c2ccccc2)C(=O)Nc2cccc(SCC(=O)Nc3ccccc3C(F)(F)F)c2)cc1. The number of rotatable bonds is 10. The molecule has 4 aromatic rings. The van der Waals surface area contributed by atoms with Crippen molar-refractivity contribution in [2.24, 2.45) is 0 Å². The lowest BCUT2D eigenvalue weighted by Gasteiger charge is -2.14. The molecule has 11 heteroatoms. The van der Waals surface area contributed by atoms with Crippen LogP contribution in [0.4, 0.5) is 24.5 Å². The minimum atomic E-state index is -4.61. The van der Waals surface area contributed by atoms with Gasteiger partial charge in [-0.25, -0.2) is 0 Å². The summed E-state index contributed by atoms with van der Waals surface area (Å²) in [6, 6.07) is 26.7. The number of anilines is 2. The topological polar surface area (TPSA) is 96.5 Å². The zero-order valence-electron chi connectivity index (χ0n) is 22.8. The smallest absolute Gasteiger partial charge is 0.418 e. The molecule has 0 saturated heterocycles. The van der Waals surface area contributed by atoms with Gasteiger partial charge in [0.25, 0.3) is 11.8 Å². The molecule has 3 amide bonds. The maximum Gasteiger partial charge on any atom is 0.418 e. The van der Waals surface area contributed by atoms with Gasteiger partial charge in [-0.05, 0) is 66.2 Å². The first-order chi connectivity index (χ1) is 20.6. The number of carbonyl (C=O) groups is 3. The molecule has 0 atom stereocenters. The summed E-state index contributed by atoms with van der Waals surface area (Å²) in [5.74, 6) is -1.23. The van der Waals surface area contributed by atoms with Crippen molar-refractivity contribution in [3.63, 3.8) is 0 Å². The lowest BCUT2D eigenvalue weighted by atomic mass is 10.1. The van der Waals surface area contributed by atoms with Crippen LogP contribution in [-0.4, -0.2) is 30.6 Å². The van der Waals surface area contributed by atoms with Crippen LogP contribution in [0.2, 0.25) is 0 Å². The van der Waals surface area contributed by atoms with Gasteiger partial charge in [0.2, 0.25) is 5.91 Å². The van der Waals surface area contributed by atoms with E-state index in [-0.39, 0.29) is 17.1 Å². The maximum atomic E-state index is 13.3. The van der Waals surface area contributed by atoms with E-state index in [1.54, 1.807) is 78.9 Å². The lowest BCUT2D eigenvalue weighted by Crippen LogP contribution is -2.30. The van der Waals surface area contributed by atoms with Crippen LogP contribution in [0.5, 0.6) is 5.75 Å². The number of thioether (sulfide) groups is 1. The number of methoxy groups -OCH3 is 1. The molecule has 0 unspecified atom stereocenters. The van der Waals surface area contributed by atoms with Crippen molar-refractivity contribution in [2.75, 3.05) is 23.5 Å². The summed E-state index contributed by atoms with van der Waals surface area (Å²) in [5.41, 5.74) is 0.116. The molecule has 0 aliphatic rings. The van der Waals surface area contributed by atoms with Crippen LogP contribution < -0.4 is 20.7 Å². The molecule has 0 bridgehead atoms. The van der Waals surface area contributed by atoms with Gasteiger partial charge in [0.15, 0.2) is 0 Å². The van der Waals surface area contributed by atoms with Crippen LogP contribution >= 0.6 is 11.8 Å². The second-order valence-corrected chi connectivity index (χ2v) is 10.1. The molecule has 0 saturated carbocycles. The van der Waals surface area contributed by atoms with E-state index in [1.807, 2.05) is 0 Å². The predicted molar refractivity (Wildman–Crippen MR) is 161 cm³/mol. The Balaban J connectivity index is 1.45. The summed E-state index contributed by atoms with van der Waals surface area (Å²) in [4.78, 5) is 39.2. The molecule has 43 heavy (non-hydrogen) atoms. The molecule has 7 nitrogen and oxygen atoms in total. The lowest BCUT2D eigenvalue weighted by molar-refractivity contribution is -0.137. The van der Waals surface area contributed by atoms with Crippen molar-refractivity contribution in [1.82, 2.24) is 5.32 Å². The Morgan fingerprint density at radius 2 is 1.53 bits per heavy atom. The number of carbonyl (C=O) groups excluding carboxylic acids is 3. The summed E-state index contributed by atoms with van der Waals surface area (Å²) >= 11 is 1.08. The van der Waals surface area contributed by atoms with E-state index < -0.39 is 29.5 Å². The average Bonchev–Trinajstić information content (AvgIpc) is 3.00. The molecule has 4 rings (SSSR count). The molecule has 0 spiro atoms. The third-order valence-corrected chi connectivity index (χ3v) is 6.92. The Bertz CT molecular complexity index is 1630. The largest absolute Gasteiger partial charge is 0.497 e. The Labute approximate surface area is 250 Å². The van der Waals surface area contributed by atoms with Gasteiger partial charge in [-0.1, -0.05) is 48.5 Å². The highest BCUT2D eigenvalue weighted by Crippen LogP contribution is 2.34. The fourth-order valence-electron chi connectivity index (χ4n) is 3.85. The first-order valence-electron chi connectivity index (χ1n) is 12.8. The van der Waals surface area contributed by atoms with Crippen molar-refractivity contribution in [3.05, 3.63) is 126 Å². The number of halogens is 3. The number of ether oxygens (including phenoxy) is 1. The van der Waals surface area contributed by atoms with Gasteiger partial charge in [-0.2, -0.15) is 13.2 Å². The molecular weight excluding hydrogens is 579 g/mol. The number of hydrogen-bond donors (Lipinski definition) is 3. The summed E-state index contributed by atoms with van der Waals surface area (Å²) in [6.45, 7) is 0. The first-order valence-corrected chi connectivity index (χ1v) is 13.8. The highest BCUT2D eigenvalue weighted by molar-refractivity contribution is 8.00. The van der Waals surface area contributed by atoms with Gasteiger partial charge in [0, 0.05) is 16.1 Å². The van der Waals surface area contributed by atoms with Crippen LogP contribution in [0.25, 0.3) is 6.08 Å². The molecule has 0 aliphatic carbocycles. The van der Waals surface area contributed by atoms with Crippen LogP contribution in [0.3, 0.4) is 0 Å². The Hall–Kier alpha value is -5.03. The number of nitrogens with one attached hydrogen (secondary N) is 3. The van der Waals surface area contributed by atoms with E-state index >= 15 is 0 Å². The van der Waals surface area contributed by atoms with Crippen molar-refractivity contribution < 1.29 is 32.3 Å². The van der Waals surface area contributed by atoms with Crippen LogP contribution in [0.1, 0.15) is 21.5 Å². The number of para-hydroxylation sites is 1. The highest BCUT2D eigenvalue weighted by Gasteiger charge is 2.33. The molecule has 0 radical (unpaired) electrons. The van der Waals surface area contributed by atoms with E-state index in [2.05, 4.69) is 16.0 Å². The quantitative estimate of drug-likeness (QED) is 0.136. The standard InChI is InChI=1S/C32H26F3N3O4S/c1-42-24-16-14-21(15-17-24)18-28(38-30(40)22-8-3-2-4-9-22)31(41)36-23-10-7-11-25(19-23)43-20-29(39)37-27-13-6-5-12-26(27)32(33,34)35/h2-19H,20H2,1H3,(H,36,41)(H,37,39)(H,38,40)/b28-18+. The molecule has 4 aromatic carbocycles. The zero-order chi connectivity index (χ0) is 30.8. The molecule has 220 valence electrons. The predicted octanol–water partition coefficient (Wildman–Crippen LogP) is 6.85. The Kier molecular flexibility index (Phi) is 10.2. The number of benzene rings is 4. The van der Waals surface area contributed by atoms with Crippen LogP contribution in [0.15, 0.2) is 114 Å². The second-order valence-electron chi connectivity index (χ2n) is 9.01. The zero-order valence-corrected chi connectivity index (χ0v) is 23.6. The fraction of sp³-hybridized carbons (Fsp3) is 0.0938. The monoisotopic (exact) mass is 605 g/mol. The minimum Gasteiger partial charge on any atom is -0.497 e. The van der Waals surface area contributed by atoms with Crippen LogP contribution in [-0.2, 0) is 15.8 Å². The Morgan fingerprint density at radius 1 is 0.837 bits per heavy atom. The van der Waals surface area contributed by atoms with Gasteiger partial charge >= 0.3 is 6.18 Å². The molecule has 3 N–H and O–H groups in total. The summed E-state index contributed by atoms with van der Waals surface area (Å²) in [6.07, 6.45) is -3.08. The third kappa shape index (κ3) is 8.98. The maximum absolute atomic E-state index is 13.3. The van der Waals surface area contributed by atoms with Gasteiger partial charge in [0.05, 0.1) is 24.1 Å². The third-order valence-electron chi connectivity index (χ3n) is 5.92. The van der Waals surface area contributed by atoms with E-state index in [0.29, 0.717) is 27.5 Å². The molecular formula is C32H26F3N3O4S. The van der Waals surface area contributed by atoms with Crippen molar-refractivity contribution in [3.8, 4) is 5.75 Å². The molecule has 0 aliphatic heterocycles. The van der Waals surface area contributed by atoms with Gasteiger partial charge in [-0.15, -0.1) is 11.8 Å². The number of hydrogen-bond acceptors (Lipinski definition) is 5. The van der Waals surface area contributed by atoms with Crippen molar-refractivity contribution in [2.45, 2.75) is 11.1 Å². The van der Waals surface area contributed by atoms with Gasteiger partial charge in [0.1, 0.15) is 11.4 Å². The van der Waals surface area contributed by atoms with E-state index in [4.69, 9.17) is 4.74 Å². The van der Waals surface area contributed by atoms with Crippen LogP contribution in [0, 0.1) is 0 Å². The van der Waals surface area contributed by atoms with E-state index in [0.717, 1.165) is 17.8 Å². The van der Waals surface area contributed by atoms with Gasteiger partial charge in [-0.3, -0.25) is 14.4 Å². The minimum absolute atomic E-state index is 0.0141. The average molecular weight is 606 g/mol. The van der Waals surface area contributed by atoms with Crippen molar-refractivity contribution >= 4 is 46.9 Å². The van der Waals surface area contributed by atoms with Gasteiger partial charge < -0.3 is 20.7 Å². The molecule has 0 aromatic heterocycles. The van der Waals surface area contributed by atoms with E-state index in [9.17, 15) is 27.6 Å². The fourth-order valence-corrected chi connectivity index (χ4v) is 4.60. The molecule has 0 heterocycles. The second kappa shape index (κ2) is 14.2. The summed E-state index contributed by atoms with van der Waals surface area (Å²) in [5, 5.41) is 7.72. The van der Waals surface area contributed by atoms with Crippen molar-refractivity contribution in [1.29, 1.82) is 0 Å². The number of amides is 3. The Morgan fingerprint density at radius 3 is 2.23 bits per heavy atom. The summed E-state index contributed by atoms with van der Waals surface area (Å²) in [7, 11) is 1.54. The highest BCUT2D eigenvalue weighted by atomic mass is 32.2.